The molecule has 1 aliphatic heterocycles. The SMILES string of the molecule is C1=CC(c2cccnc2)Sc2ccccc21. The molecule has 0 N–H and O–H groups in total. The fourth-order valence-electron chi connectivity index (χ4n) is 1.82. The first kappa shape index (κ1) is 9.67. The molecule has 2 heterocycles. The summed E-state index contributed by atoms with van der Waals surface area (Å²) in [5.41, 5.74) is 2.57. The predicted octanol–water partition coefficient (Wildman–Crippen LogP) is 3.94. The molecule has 0 aliphatic carbocycles. The summed E-state index contributed by atoms with van der Waals surface area (Å²) in [5.74, 6) is 0. The van der Waals surface area contributed by atoms with Crippen molar-refractivity contribution in [3.8, 4) is 0 Å². The van der Waals surface area contributed by atoms with E-state index in [1.54, 1.807) is 0 Å². The molecular formula is C14H11NS. The number of hydrogen-bond donors (Lipinski definition) is 0. The minimum Gasteiger partial charge on any atom is -0.264 e. The van der Waals surface area contributed by atoms with Crippen LogP contribution in [0, 0.1) is 0 Å². The van der Waals surface area contributed by atoms with Crippen molar-refractivity contribution < 1.29 is 0 Å². The average molecular weight is 225 g/mol. The van der Waals surface area contributed by atoms with E-state index in [1.807, 2.05) is 30.2 Å². The molecule has 1 aromatic heterocycles. The molecule has 0 amide bonds. The van der Waals surface area contributed by atoms with Gasteiger partial charge < -0.3 is 0 Å². The maximum absolute atomic E-state index is 4.17. The topological polar surface area (TPSA) is 12.9 Å². The summed E-state index contributed by atoms with van der Waals surface area (Å²) in [4.78, 5) is 5.51. The molecular weight excluding hydrogens is 214 g/mol. The number of pyridine rings is 1. The molecule has 1 nitrogen and oxygen atoms in total. The van der Waals surface area contributed by atoms with Gasteiger partial charge in [-0.2, -0.15) is 0 Å². The molecule has 1 aromatic carbocycles. The zero-order chi connectivity index (χ0) is 10.8. The van der Waals surface area contributed by atoms with Crippen LogP contribution in [0.3, 0.4) is 0 Å². The van der Waals surface area contributed by atoms with Crippen LogP contribution in [0.1, 0.15) is 16.4 Å². The molecule has 0 radical (unpaired) electrons. The first-order valence-electron chi connectivity index (χ1n) is 5.27. The van der Waals surface area contributed by atoms with Gasteiger partial charge in [-0.1, -0.05) is 36.4 Å². The van der Waals surface area contributed by atoms with Gasteiger partial charge in [0.1, 0.15) is 0 Å². The molecule has 1 atom stereocenters. The van der Waals surface area contributed by atoms with Gasteiger partial charge >= 0.3 is 0 Å². The van der Waals surface area contributed by atoms with Crippen LogP contribution in [0.2, 0.25) is 0 Å². The van der Waals surface area contributed by atoms with E-state index < -0.39 is 0 Å². The molecule has 1 unspecified atom stereocenters. The Kier molecular flexibility index (Phi) is 2.50. The Balaban J connectivity index is 1.95. The predicted molar refractivity (Wildman–Crippen MR) is 68.3 cm³/mol. The normalized spacial score (nSPS) is 18.1. The van der Waals surface area contributed by atoms with Gasteiger partial charge in [-0.15, -0.1) is 11.8 Å². The Labute approximate surface area is 99.2 Å². The fourth-order valence-corrected chi connectivity index (χ4v) is 2.95. The van der Waals surface area contributed by atoms with Crippen molar-refractivity contribution in [2.75, 3.05) is 0 Å². The summed E-state index contributed by atoms with van der Waals surface area (Å²) < 4.78 is 0. The van der Waals surface area contributed by atoms with Crippen molar-refractivity contribution in [3.63, 3.8) is 0 Å². The summed E-state index contributed by atoms with van der Waals surface area (Å²) >= 11 is 1.88. The Morgan fingerprint density at radius 3 is 2.88 bits per heavy atom. The number of thioether (sulfide) groups is 1. The Hall–Kier alpha value is -1.54. The molecule has 0 saturated carbocycles. The molecule has 0 bridgehead atoms. The van der Waals surface area contributed by atoms with Gasteiger partial charge in [0.25, 0.3) is 0 Å². The van der Waals surface area contributed by atoms with Crippen LogP contribution in [-0.2, 0) is 0 Å². The van der Waals surface area contributed by atoms with E-state index in [2.05, 4.69) is 47.5 Å². The number of nitrogens with zero attached hydrogens (tertiary/aromatic N) is 1. The van der Waals surface area contributed by atoms with Crippen molar-refractivity contribution in [1.82, 2.24) is 4.98 Å². The molecule has 0 fully saturated rings. The van der Waals surface area contributed by atoms with E-state index >= 15 is 0 Å². The molecule has 0 saturated heterocycles. The van der Waals surface area contributed by atoms with E-state index in [0.717, 1.165) is 0 Å². The third kappa shape index (κ3) is 1.76. The lowest BCUT2D eigenvalue weighted by Gasteiger charge is -2.18. The van der Waals surface area contributed by atoms with Gasteiger partial charge in [0.15, 0.2) is 0 Å². The van der Waals surface area contributed by atoms with Crippen LogP contribution >= 0.6 is 11.8 Å². The van der Waals surface area contributed by atoms with Gasteiger partial charge in [0.05, 0.1) is 5.25 Å². The van der Waals surface area contributed by atoms with E-state index in [0.29, 0.717) is 5.25 Å². The molecule has 0 spiro atoms. The Bertz CT molecular complexity index is 519. The van der Waals surface area contributed by atoms with Crippen molar-refractivity contribution in [2.24, 2.45) is 0 Å². The third-order valence-corrected chi connectivity index (χ3v) is 3.95. The van der Waals surface area contributed by atoms with E-state index in [1.165, 1.54) is 16.0 Å². The summed E-state index contributed by atoms with van der Waals surface area (Å²) in [6.45, 7) is 0. The largest absolute Gasteiger partial charge is 0.264 e. The molecule has 78 valence electrons. The van der Waals surface area contributed by atoms with Gasteiger partial charge in [0.2, 0.25) is 0 Å². The highest BCUT2D eigenvalue weighted by molar-refractivity contribution is 7.99. The van der Waals surface area contributed by atoms with Crippen molar-refractivity contribution in [2.45, 2.75) is 10.1 Å². The smallest absolute Gasteiger partial charge is 0.0543 e. The van der Waals surface area contributed by atoms with Crippen LogP contribution < -0.4 is 0 Å². The number of hydrogen-bond acceptors (Lipinski definition) is 2. The van der Waals surface area contributed by atoms with Gasteiger partial charge in [-0.3, -0.25) is 4.98 Å². The molecule has 2 heteroatoms. The van der Waals surface area contributed by atoms with Gasteiger partial charge in [-0.25, -0.2) is 0 Å². The minimum absolute atomic E-state index is 0.392. The third-order valence-electron chi connectivity index (χ3n) is 2.64. The molecule has 16 heavy (non-hydrogen) atoms. The first-order chi connectivity index (χ1) is 7.93. The maximum Gasteiger partial charge on any atom is 0.0543 e. The highest BCUT2D eigenvalue weighted by Crippen LogP contribution is 2.41. The Morgan fingerprint density at radius 2 is 2.00 bits per heavy atom. The van der Waals surface area contributed by atoms with E-state index in [4.69, 9.17) is 0 Å². The summed E-state index contributed by atoms with van der Waals surface area (Å²) in [5, 5.41) is 0.392. The number of aromatic nitrogens is 1. The first-order valence-corrected chi connectivity index (χ1v) is 6.15. The number of rotatable bonds is 1. The molecule has 2 aromatic rings. The molecule has 1 aliphatic rings. The van der Waals surface area contributed by atoms with Gasteiger partial charge in [-0.05, 0) is 23.3 Å². The lowest BCUT2D eigenvalue weighted by atomic mass is 10.1. The lowest BCUT2D eigenvalue weighted by molar-refractivity contribution is 1.15. The van der Waals surface area contributed by atoms with E-state index in [9.17, 15) is 0 Å². The summed E-state index contributed by atoms with van der Waals surface area (Å²) in [6, 6.07) is 12.6. The van der Waals surface area contributed by atoms with Crippen molar-refractivity contribution >= 4 is 17.8 Å². The Morgan fingerprint density at radius 1 is 1.06 bits per heavy atom. The average Bonchev–Trinajstić information content (AvgIpc) is 2.39. The molecule has 3 rings (SSSR count). The van der Waals surface area contributed by atoms with Crippen LogP contribution in [-0.4, -0.2) is 4.98 Å². The van der Waals surface area contributed by atoms with Crippen LogP contribution in [0.4, 0.5) is 0 Å². The second-order valence-electron chi connectivity index (χ2n) is 3.72. The quantitative estimate of drug-likeness (QED) is 0.729. The monoisotopic (exact) mass is 225 g/mol. The van der Waals surface area contributed by atoms with E-state index in [-0.39, 0.29) is 0 Å². The second kappa shape index (κ2) is 4.14. The number of benzene rings is 1. The van der Waals surface area contributed by atoms with Crippen LogP contribution in [0.25, 0.3) is 6.08 Å². The lowest BCUT2D eigenvalue weighted by Crippen LogP contribution is -1.95. The minimum atomic E-state index is 0.392. The van der Waals surface area contributed by atoms with Crippen molar-refractivity contribution in [3.05, 3.63) is 66.0 Å². The zero-order valence-corrected chi connectivity index (χ0v) is 9.52. The highest BCUT2D eigenvalue weighted by atomic mass is 32.2. The van der Waals surface area contributed by atoms with Gasteiger partial charge in [0, 0.05) is 17.3 Å². The summed E-state index contributed by atoms with van der Waals surface area (Å²) in [7, 11) is 0. The highest BCUT2D eigenvalue weighted by Gasteiger charge is 2.15. The summed E-state index contributed by atoms with van der Waals surface area (Å²) in [6.07, 6.45) is 8.19. The van der Waals surface area contributed by atoms with Crippen molar-refractivity contribution in [1.29, 1.82) is 0 Å². The van der Waals surface area contributed by atoms with Crippen LogP contribution in [0.15, 0.2) is 59.8 Å². The van der Waals surface area contributed by atoms with Crippen LogP contribution in [0.5, 0.6) is 0 Å². The zero-order valence-electron chi connectivity index (χ0n) is 8.71. The number of fused-ring (bicyclic) bond motifs is 1. The maximum atomic E-state index is 4.17. The fraction of sp³-hybridized carbons (Fsp3) is 0.0714. The standard InChI is InChI=1S/C14H11NS/c1-2-6-13-11(4-1)7-8-14(16-13)12-5-3-9-15-10-12/h1-10,14H. The second-order valence-corrected chi connectivity index (χ2v) is 4.91.